The number of nitrogens with zero attached hydrogens (tertiary/aromatic N) is 2. The largest absolute Gasteiger partial charge is 0.325 e. The molecular weight excluding hydrogens is 252 g/mol. The molecule has 1 aliphatic heterocycles. The summed E-state index contributed by atoms with van der Waals surface area (Å²) in [5, 5.41) is 0. The van der Waals surface area contributed by atoms with Gasteiger partial charge in [-0.05, 0) is 18.1 Å². The highest BCUT2D eigenvalue weighted by molar-refractivity contribution is 5.95. The third-order valence-electron chi connectivity index (χ3n) is 3.83. The summed E-state index contributed by atoms with van der Waals surface area (Å²) < 4.78 is 0. The van der Waals surface area contributed by atoms with Gasteiger partial charge < -0.3 is 9.80 Å². The molecule has 1 saturated heterocycles. The average Bonchev–Trinajstić information content (AvgIpc) is 2.44. The Morgan fingerprint density at radius 1 is 1.25 bits per heavy atom. The van der Waals surface area contributed by atoms with Gasteiger partial charge in [-0.1, -0.05) is 39.0 Å². The molecule has 1 aromatic rings. The highest BCUT2D eigenvalue weighted by Crippen LogP contribution is 2.25. The van der Waals surface area contributed by atoms with Crippen molar-refractivity contribution in [2.75, 3.05) is 13.6 Å². The van der Waals surface area contributed by atoms with Gasteiger partial charge in [-0.3, -0.25) is 9.59 Å². The maximum absolute atomic E-state index is 12.7. The molecule has 108 valence electrons. The molecule has 0 bridgehead atoms. The van der Waals surface area contributed by atoms with Crippen molar-refractivity contribution in [2.45, 2.75) is 26.9 Å². The van der Waals surface area contributed by atoms with Gasteiger partial charge in [0, 0.05) is 19.2 Å². The highest BCUT2D eigenvalue weighted by atomic mass is 16.2. The first-order chi connectivity index (χ1) is 9.43. The van der Waals surface area contributed by atoms with E-state index < -0.39 is 0 Å². The van der Waals surface area contributed by atoms with Crippen molar-refractivity contribution in [1.29, 1.82) is 0 Å². The fraction of sp³-hybridized carbons (Fsp3) is 0.500. The quantitative estimate of drug-likeness (QED) is 0.829. The second-order valence-electron chi connectivity index (χ2n) is 5.83. The third kappa shape index (κ3) is 2.55. The zero-order valence-corrected chi connectivity index (χ0v) is 12.5. The predicted molar refractivity (Wildman–Crippen MR) is 78.0 cm³/mol. The number of hydrogen-bond acceptors (Lipinski definition) is 2. The van der Waals surface area contributed by atoms with E-state index >= 15 is 0 Å². The van der Waals surface area contributed by atoms with Gasteiger partial charge in [-0.15, -0.1) is 0 Å². The van der Waals surface area contributed by atoms with Crippen molar-refractivity contribution in [1.82, 2.24) is 9.80 Å². The molecule has 0 N–H and O–H groups in total. The molecule has 1 aromatic carbocycles. The van der Waals surface area contributed by atoms with Crippen LogP contribution in [0.25, 0.3) is 0 Å². The van der Waals surface area contributed by atoms with Crippen LogP contribution in [0.1, 0.15) is 31.1 Å². The minimum Gasteiger partial charge on any atom is -0.325 e. The van der Waals surface area contributed by atoms with Crippen LogP contribution in [0.5, 0.6) is 0 Å². The molecule has 1 heterocycles. The van der Waals surface area contributed by atoms with Crippen molar-refractivity contribution in [3.05, 3.63) is 35.9 Å². The summed E-state index contributed by atoms with van der Waals surface area (Å²) in [5.41, 5.74) is 0.674. The number of benzene rings is 1. The van der Waals surface area contributed by atoms with Crippen molar-refractivity contribution < 1.29 is 9.59 Å². The van der Waals surface area contributed by atoms with Crippen LogP contribution in [0.3, 0.4) is 0 Å². The minimum absolute atomic E-state index is 0.00417. The minimum atomic E-state index is -0.175. The summed E-state index contributed by atoms with van der Waals surface area (Å²) in [6, 6.07) is 9.26. The second-order valence-corrected chi connectivity index (χ2v) is 5.83. The fourth-order valence-electron chi connectivity index (χ4n) is 2.92. The van der Waals surface area contributed by atoms with E-state index in [2.05, 4.69) is 0 Å². The molecular formula is C16H22N2O2. The van der Waals surface area contributed by atoms with Crippen LogP contribution >= 0.6 is 0 Å². The van der Waals surface area contributed by atoms with Crippen molar-refractivity contribution >= 4 is 11.8 Å². The number of rotatable bonds is 2. The first kappa shape index (κ1) is 14.6. The van der Waals surface area contributed by atoms with Gasteiger partial charge in [0.1, 0.15) is 6.17 Å². The van der Waals surface area contributed by atoms with Gasteiger partial charge in [0.05, 0.1) is 5.92 Å². The van der Waals surface area contributed by atoms with Crippen LogP contribution in [0.15, 0.2) is 30.3 Å². The average molecular weight is 274 g/mol. The van der Waals surface area contributed by atoms with E-state index in [0.29, 0.717) is 12.1 Å². The molecule has 0 unspecified atom stereocenters. The van der Waals surface area contributed by atoms with Crippen molar-refractivity contribution in [3.8, 4) is 0 Å². The normalized spacial score (nSPS) is 23.4. The van der Waals surface area contributed by atoms with Crippen LogP contribution in [-0.4, -0.2) is 41.4 Å². The Bertz CT molecular complexity index is 498. The van der Waals surface area contributed by atoms with Gasteiger partial charge in [0.2, 0.25) is 5.91 Å². The molecule has 2 amide bonds. The van der Waals surface area contributed by atoms with Crippen molar-refractivity contribution in [3.63, 3.8) is 0 Å². The standard InChI is InChI=1S/C16H22N2O2/c1-11(2)14-17(4)15(19)12(3)10-18(14)16(20)13-8-6-5-7-9-13/h5-9,11-12,14H,10H2,1-4H3/t12-,14+/m0/s1. The van der Waals surface area contributed by atoms with Crippen LogP contribution in [0, 0.1) is 11.8 Å². The lowest BCUT2D eigenvalue weighted by atomic mass is 9.98. The van der Waals surface area contributed by atoms with Crippen LogP contribution in [0.4, 0.5) is 0 Å². The maximum Gasteiger partial charge on any atom is 0.255 e. The lowest BCUT2D eigenvalue weighted by Gasteiger charge is -2.46. The molecule has 0 spiro atoms. The molecule has 1 fully saturated rings. The Morgan fingerprint density at radius 2 is 1.85 bits per heavy atom. The van der Waals surface area contributed by atoms with Gasteiger partial charge in [-0.25, -0.2) is 0 Å². The first-order valence-corrected chi connectivity index (χ1v) is 7.06. The fourth-order valence-corrected chi connectivity index (χ4v) is 2.92. The van der Waals surface area contributed by atoms with Gasteiger partial charge in [0.25, 0.3) is 5.91 Å². The van der Waals surface area contributed by atoms with E-state index in [1.165, 1.54) is 0 Å². The van der Waals surface area contributed by atoms with Gasteiger partial charge in [0.15, 0.2) is 0 Å². The summed E-state index contributed by atoms with van der Waals surface area (Å²) in [5.74, 6) is 0.156. The SMILES string of the molecule is CC(C)[C@@H]1N(C)C(=O)[C@@H](C)CN1C(=O)c1ccccc1. The molecule has 2 atom stereocenters. The number of amides is 2. The molecule has 20 heavy (non-hydrogen) atoms. The topological polar surface area (TPSA) is 40.6 Å². The Morgan fingerprint density at radius 3 is 2.40 bits per heavy atom. The van der Waals surface area contributed by atoms with E-state index in [-0.39, 0.29) is 29.8 Å². The molecule has 4 nitrogen and oxygen atoms in total. The summed E-state index contributed by atoms with van der Waals surface area (Å²) in [6.45, 7) is 6.44. The van der Waals surface area contributed by atoms with Gasteiger partial charge >= 0.3 is 0 Å². The molecule has 0 radical (unpaired) electrons. The summed E-state index contributed by atoms with van der Waals surface area (Å²) in [7, 11) is 1.79. The van der Waals surface area contributed by atoms with E-state index in [1.54, 1.807) is 11.9 Å². The number of hydrogen-bond donors (Lipinski definition) is 0. The Labute approximate surface area is 120 Å². The summed E-state index contributed by atoms with van der Waals surface area (Å²) in [4.78, 5) is 28.4. The van der Waals surface area contributed by atoms with Gasteiger partial charge in [-0.2, -0.15) is 0 Å². The molecule has 2 rings (SSSR count). The van der Waals surface area contributed by atoms with E-state index in [9.17, 15) is 9.59 Å². The summed E-state index contributed by atoms with van der Waals surface area (Å²) in [6.07, 6.45) is -0.175. The first-order valence-electron chi connectivity index (χ1n) is 7.06. The number of carbonyl (C=O) groups is 2. The monoisotopic (exact) mass is 274 g/mol. The van der Waals surface area contributed by atoms with E-state index in [0.717, 1.165) is 0 Å². The van der Waals surface area contributed by atoms with Crippen LogP contribution in [-0.2, 0) is 4.79 Å². The molecule has 0 aliphatic carbocycles. The second kappa shape index (κ2) is 5.65. The molecule has 1 aliphatic rings. The van der Waals surface area contributed by atoms with Crippen LogP contribution in [0.2, 0.25) is 0 Å². The Hall–Kier alpha value is -1.84. The zero-order chi connectivity index (χ0) is 14.9. The lowest BCUT2D eigenvalue weighted by Crippen LogP contribution is -2.61. The van der Waals surface area contributed by atoms with Crippen LogP contribution < -0.4 is 0 Å². The number of carbonyl (C=O) groups excluding carboxylic acids is 2. The molecule has 4 heteroatoms. The molecule has 0 aromatic heterocycles. The maximum atomic E-state index is 12.7. The van der Waals surface area contributed by atoms with Crippen molar-refractivity contribution in [2.24, 2.45) is 11.8 Å². The van der Waals surface area contributed by atoms with E-state index in [1.807, 2.05) is 56.0 Å². The Kier molecular flexibility index (Phi) is 4.12. The summed E-state index contributed by atoms with van der Waals surface area (Å²) >= 11 is 0. The predicted octanol–water partition coefficient (Wildman–Crippen LogP) is 2.22. The molecule has 0 saturated carbocycles. The smallest absolute Gasteiger partial charge is 0.255 e. The zero-order valence-electron chi connectivity index (χ0n) is 12.5. The Balaban J connectivity index is 2.32. The highest BCUT2D eigenvalue weighted by Gasteiger charge is 2.40. The van der Waals surface area contributed by atoms with E-state index in [4.69, 9.17) is 0 Å². The third-order valence-corrected chi connectivity index (χ3v) is 3.83. The lowest BCUT2D eigenvalue weighted by molar-refractivity contribution is -0.147.